The fraction of sp³-hybridized carbons (Fsp3) is 0.529. The van der Waals surface area contributed by atoms with Crippen molar-refractivity contribution in [1.29, 1.82) is 0 Å². The maximum absolute atomic E-state index is 12.8. The molecule has 3 heterocycles. The Labute approximate surface area is 139 Å². The zero-order valence-corrected chi connectivity index (χ0v) is 13.4. The fourth-order valence-corrected chi connectivity index (χ4v) is 3.51. The largest absolute Gasteiger partial charge is 0.486 e. The minimum atomic E-state index is -0.459. The van der Waals surface area contributed by atoms with E-state index in [4.69, 9.17) is 14.2 Å². The molecule has 7 nitrogen and oxygen atoms in total. The Bertz CT molecular complexity index is 677. The second kappa shape index (κ2) is 5.89. The average Bonchev–Trinajstić information content (AvgIpc) is 2.85. The summed E-state index contributed by atoms with van der Waals surface area (Å²) >= 11 is 0. The zero-order chi connectivity index (χ0) is 16.6. The highest BCUT2D eigenvalue weighted by atomic mass is 16.6. The van der Waals surface area contributed by atoms with Gasteiger partial charge in [-0.15, -0.1) is 0 Å². The van der Waals surface area contributed by atoms with Crippen LogP contribution in [0.4, 0.5) is 4.79 Å². The van der Waals surface area contributed by atoms with Gasteiger partial charge in [0, 0.05) is 25.1 Å². The molecule has 3 aliphatic heterocycles. The lowest BCUT2D eigenvalue weighted by molar-refractivity contribution is 0.0438. The fourth-order valence-electron chi connectivity index (χ4n) is 3.51. The van der Waals surface area contributed by atoms with Crippen LogP contribution >= 0.6 is 0 Å². The number of rotatable bonds is 1. The van der Waals surface area contributed by atoms with E-state index in [1.165, 1.54) is 0 Å². The molecule has 128 valence electrons. The molecule has 7 heteroatoms. The van der Waals surface area contributed by atoms with Crippen LogP contribution in [-0.2, 0) is 4.74 Å². The second-order valence-corrected chi connectivity index (χ2v) is 6.43. The number of amides is 2. The summed E-state index contributed by atoms with van der Waals surface area (Å²) in [5.74, 6) is 1.27. The van der Waals surface area contributed by atoms with Gasteiger partial charge in [0.2, 0.25) is 0 Å². The van der Waals surface area contributed by atoms with Crippen molar-refractivity contribution in [3.05, 3.63) is 23.8 Å². The number of fused-ring (bicyclic) bond motifs is 1. The van der Waals surface area contributed by atoms with Crippen molar-refractivity contribution in [1.82, 2.24) is 10.2 Å². The van der Waals surface area contributed by atoms with Gasteiger partial charge in [0.05, 0.1) is 6.54 Å². The Morgan fingerprint density at radius 3 is 2.75 bits per heavy atom. The van der Waals surface area contributed by atoms with Crippen LogP contribution in [0.2, 0.25) is 0 Å². The maximum Gasteiger partial charge on any atom is 0.407 e. The quantitative estimate of drug-likeness (QED) is 0.844. The number of carbonyl (C=O) groups excluding carboxylic acids is 2. The molecule has 1 aromatic rings. The Morgan fingerprint density at radius 1 is 1.12 bits per heavy atom. The number of hydrogen-bond donors (Lipinski definition) is 1. The number of benzene rings is 1. The molecule has 2 fully saturated rings. The van der Waals surface area contributed by atoms with E-state index in [1.54, 1.807) is 18.2 Å². The number of likely N-dealkylation sites (tertiary alicyclic amines) is 1. The van der Waals surface area contributed by atoms with Crippen LogP contribution in [0, 0.1) is 0 Å². The SMILES string of the molecule is O=C1NC[C@@]2(CCCN(C(=O)c3ccc4c(c3)OCCO4)CC2)O1. The van der Waals surface area contributed by atoms with Crippen molar-refractivity contribution < 1.29 is 23.8 Å². The summed E-state index contributed by atoms with van der Waals surface area (Å²) in [7, 11) is 0. The number of nitrogens with zero attached hydrogens (tertiary/aromatic N) is 1. The lowest BCUT2D eigenvalue weighted by Crippen LogP contribution is -2.36. The van der Waals surface area contributed by atoms with Gasteiger partial charge in [0.15, 0.2) is 11.5 Å². The molecule has 2 saturated heterocycles. The highest BCUT2D eigenvalue weighted by molar-refractivity contribution is 5.95. The number of hydrogen-bond acceptors (Lipinski definition) is 5. The van der Waals surface area contributed by atoms with Crippen molar-refractivity contribution in [2.45, 2.75) is 24.9 Å². The van der Waals surface area contributed by atoms with E-state index in [1.807, 2.05) is 4.90 Å². The number of ether oxygens (including phenoxy) is 3. The van der Waals surface area contributed by atoms with Crippen molar-refractivity contribution in [2.75, 3.05) is 32.8 Å². The van der Waals surface area contributed by atoms with Crippen LogP contribution in [-0.4, -0.2) is 55.3 Å². The van der Waals surface area contributed by atoms with E-state index in [9.17, 15) is 9.59 Å². The van der Waals surface area contributed by atoms with Gasteiger partial charge < -0.3 is 24.4 Å². The van der Waals surface area contributed by atoms with E-state index in [0.717, 1.165) is 12.8 Å². The van der Waals surface area contributed by atoms with Crippen LogP contribution in [0.1, 0.15) is 29.6 Å². The Hall–Kier alpha value is -2.44. The first-order valence-corrected chi connectivity index (χ1v) is 8.31. The molecule has 0 bridgehead atoms. The van der Waals surface area contributed by atoms with Gasteiger partial charge in [0.1, 0.15) is 18.8 Å². The third-order valence-electron chi connectivity index (χ3n) is 4.84. The van der Waals surface area contributed by atoms with E-state index in [0.29, 0.717) is 56.3 Å². The Kier molecular flexibility index (Phi) is 3.70. The molecule has 1 atom stereocenters. The lowest BCUT2D eigenvalue weighted by Gasteiger charge is -2.25. The first kappa shape index (κ1) is 15.1. The lowest BCUT2D eigenvalue weighted by atomic mass is 9.95. The zero-order valence-electron chi connectivity index (χ0n) is 13.4. The van der Waals surface area contributed by atoms with E-state index >= 15 is 0 Å². The molecule has 0 unspecified atom stereocenters. The normalized spacial score (nSPS) is 25.8. The summed E-state index contributed by atoms with van der Waals surface area (Å²) in [6.07, 6.45) is 1.88. The molecule has 4 rings (SSSR count). The van der Waals surface area contributed by atoms with E-state index < -0.39 is 5.60 Å². The highest BCUT2D eigenvalue weighted by Gasteiger charge is 2.41. The van der Waals surface area contributed by atoms with Crippen molar-refractivity contribution in [3.8, 4) is 11.5 Å². The van der Waals surface area contributed by atoms with Gasteiger partial charge in [-0.3, -0.25) is 4.79 Å². The molecule has 0 radical (unpaired) electrons. The third-order valence-corrected chi connectivity index (χ3v) is 4.84. The minimum Gasteiger partial charge on any atom is -0.486 e. The maximum atomic E-state index is 12.8. The predicted molar refractivity (Wildman–Crippen MR) is 84.4 cm³/mol. The van der Waals surface area contributed by atoms with Crippen LogP contribution in [0.5, 0.6) is 11.5 Å². The van der Waals surface area contributed by atoms with Crippen LogP contribution in [0.15, 0.2) is 18.2 Å². The molecular weight excluding hydrogens is 312 g/mol. The smallest absolute Gasteiger partial charge is 0.407 e. The van der Waals surface area contributed by atoms with E-state index in [-0.39, 0.29) is 12.0 Å². The molecule has 0 aliphatic carbocycles. The predicted octanol–water partition coefficient (Wildman–Crippen LogP) is 1.56. The first-order chi connectivity index (χ1) is 11.7. The minimum absolute atomic E-state index is 0.0266. The van der Waals surface area contributed by atoms with Crippen molar-refractivity contribution >= 4 is 12.0 Å². The second-order valence-electron chi connectivity index (χ2n) is 6.43. The van der Waals surface area contributed by atoms with Crippen molar-refractivity contribution in [3.63, 3.8) is 0 Å². The summed E-state index contributed by atoms with van der Waals surface area (Å²) in [6, 6.07) is 5.30. The Balaban J connectivity index is 1.47. The average molecular weight is 332 g/mol. The van der Waals surface area contributed by atoms with Gasteiger partial charge >= 0.3 is 6.09 Å². The highest BCUT2D eigenvalue weighted by Crippen LogP contribution is 2.33. The van der Waals surface area contributed by atoms with Gasteiger partial charge in [-0.25, -0.2) is 4.79 Å². The number of carbonyl (C=O) groups is 2. The molecule has 1 spiro atoms. The molecule has 0 aromatic heterocycles. The Morgan fingerprint density at radius 2 is 1.96 bits per heavy atom. The molecule has 2 amide bonds. The molecular formula is C17H20N2O5. The van der Waals surface area contributed by atoms with Gasteiger partial charge in [0.25, 0.3) is 5.91 Å². The molecule has 3 aliphatic rings. The topological polar surface area (TPSA) is 77.1 Å². The van der Waals surface area contributed by atoms with Gasteiger partial charge in [-0.2, -0.15) is 0 Å². The molecule has 1 aromatic carbocycles. The molecule has 0 saturated carbocycles. The first-order valence-electron chi connectivity index (χ1n) is 8.31. The van der Waals surface area contributed by atoms with Crippen LogP contribution in [0.25, 0.3) is 0 Å². The van der Waals surface area contributed by atoms with E-state index in [2.05, 4.69) is 5.32 Å². The number of nitrogens with one attached hydrogen (secondary N) is 1. The summed E-state index contributed by atoms with van der Waals surface area (Å²) < 4.78 is 16.5. The molecule has 24 heavy (non-hydrogen) atoms. The standard InChI is InChI=1S/C17H20N2O5/c20-15(12-2-3-13-14(10-12)23-9-8-22-13)19-6-1-4-17(5-7-19)11-18-16(21)24-17/h2-3,10H,1,4-9,11H2,(H,18,21)/t17-/m0/s1. The number of alkyl carbamates (subject to hydrolysis) is 1. The summed E-state index contributed by atoms with van der Waals surface area (Å²) in [5, 5.41) is 2.72. The van der Waals surface area contributed by atoms with Crippen LogP contribution in [0.3, 0.4) is 0 Å². The third kappa shape index (κ3) is 2.74. The summed E-state index contributed by atoms with van der Waals surface area (Å²) in [5.41, 5.74) is 0.135. The molecule has 1 N–H and O–H groups in total. The van der Waals surface area contributed by atoms with Crippen molar-refractivity contribution in [2.24, 2.45) is 0 Å². The monoisotopic (exact) mass is 332 g/mol. The summed E-state index contributed by atoms with van der Waals surface area (Å²) in [6.45, 7) is 2.78. The van der Waals surface area contributed by atoms with Gasteiger partial charge in [-0.1, -0.05) is 0 Å². The van der Waals surface area contributed by atoms with Gasteiger partial charge in [-0.05, 0) is 31.0 Å². The summed E-state index contributed by atoms with van der Waals surface area (Å²) in [4.78, 5) is 26.0. The van der Waals surface area contributed by atoms with Crippen LogP contribution < -0.4 is 14.8 Å².